The molecule has 94 valence electrons. The molecule has 0 aliphatic heterocycles. The van der Waals surface area contributed by atoms with E-state index in [1.165, 1.54) is 31.2 Å². The standard InChI is InChI=1S/C15H23NO/c1-3-11-16-14-5-4-6-15(14)17-13-9-7-12(2)8-10-13/h7-10,14-16H,3-6,11H2,1-2H3. The molecule has 2 heteroatoms. The number of hydrogen-bond acceptors (Lipinski definition) is 2. The molecule has 2 unspecified atom stereocenters. The number of ether oxygens (including phenoxy) is 1. The Balaban J connectivity index is 1.90. The van der Waals surface area contributed by atoms with Crippen molar-refractivity contribution in [1.29, 1.82) is 0 Å². The van der Waals surface area contributed by atoms with E-state index >= 15 is 0 Å². The van der Waals surface area contributed by atoms with Crippen molar-refractivity contribution in [2.75, 3.05) is 6.54 Å². The van der Waals surface area contributed by atoms with Crippen LogP contribution in [0.4, 0.5) is 0 Å². The Morgan fingerprint density at radius 1 is 1.24 bits per heavy atom. The molecule has 0 aromatic heterocycles. The van der Waals surface area contributed by atoms with Crippen LogP contribution in [0.2, 0.25) is 0 Å². The molecule has 0 radical (unpaired) electrons. The number of benzene rings is 1. The van der Waals surface area contributed by atoms with Crippen LogP contribution < -0.4 is 10.1 Å². The number of nitrogens with one attached hydrogen (secondary N) is 1. The summed E-state index contributed by atoms with van der Waals surface area (Å²) in [6.07, 6.45) is 5.24. The van der Waals surface area contributed by atoms with Gasteiger partial charge in [0, 0.05) is 6.04 Å². The molecule has 1 aliphatic rings. The fraction of sp³-hybridized carbons (Fsp3) is 0.600. The highest BCUT2D eigenvalue weighted by Crippen LogP contribution is 2.25. The molecule has 2 rings (SSSR count). The smallest absolute Gasteiger partial charge is 0.119 e. The first kappa shape index (κ1) is 12.4. The van der Waals surface area contributed by atoms with Crippen LogP contribution in [0, 0.1) is 6.92 Å². The van der Waals surface area contributed by atoms with Crippen molar-refractivity contribution in [3.8, 4) is 5.75 Å². The molecule has 0 saturated heterocycles. The van der Waals surface area contributed by atoms with E-state index in [-0.39, 0.29) is 0 Å². The van der Waals surface area contributed by atoms with E-state index in [9.17, 15) is 0 Å². The topological polar surface area (TPSA) is 21.3 Å². The Morgan fingerprint density at radius 2 is 2.00 bits per heavy atom. The van der Waals surface area contributed by atoms with Crippen molar-refractivity contribution in [3.63, 3.8) is 0 Å². The molecule has 0 amide bonds. The number of hydrogen-bond donors (Lipinski definition) is 1. The molecule has 1 aromatic carbocycles. The lowest BCUT2D eigenvalue weighted by molar-refractivity contribution is 0.175. The fourth-order valence-electron chi connectivity index (χ4n) is 2.42. The summed E-state index contributed by atoms with van der Waals surface area (Å²) in [6.45, 7) is 5.40. The van der Waals surface area contributed by atoms with Crippen LogP contribution in [0.25, 0.3) is 0 Å². The second kappa shape index (κ2) is 6.06. The SMILES string of the molecule is CCCNC1CCCC1Oc1ccc(C)cc1. The van der Waals surface area contributed by atoms with Gasteiger partial charge in [0.25, 0.3) is 0 Å². The lowest BCUT2D eigenvalue weighted by atomic mass is 10.2. The molecule has 1 fully saturated rings. The van der Waals surface area contributed by atoms with Crippen LogP contribution >= 0.6 is 0 Å². The predicted octanol–water partition coefficient (Wildman–Crippen LogP) is 3.29. The van der Waals surface area contributed by atoms with Crippen molar-refractivity contribution in [2.24, 2.45) is 0 Å². The highest BCUT2D eigenvalue weighted by Gasteiger charge is 2.28. The minimum Gasteiger partial charge on any atom is -0.489 e. The summed E-state index contributed by atoms with van der Waals surface area (Å²) >= 11 is 0. The lowest BCUT2D eigenvalue weighted by Gasteiger charge is -2.22. The van der Waals surface area contributed by atoms with E-state index in [1.54, 1.807) is 0 Å². The first-order valence-electron chi connectivity index (χ1n) is 6.76. The van der Waals surface area contributed by atoms with Gasteiger partial charge in [-0.05, 0) is 51.3 Å². The van der Waals surface area contributed by atoms with Crippen molar-refractivity contribution in [2.45, 2.75) is 51.7 Å². The monoisotopic (exact) mass is 233 g/mol. The minimum atomic E-state index is 0.351. The Labute approximate surface area is 104 Å². The third-order valence-corrected chi connectivity index (χ3v) is 3.42. The van der Waals surface area contributed by atoms with Crippen LogP contribution in [0.5, 0.6) is 5.75 Å². The molecule has 1 saturated carbocycles. The average Bonchev–Trinajstić information content (AvgIpc) is 2.77. The van der Waals surface area contributed by atoms with E-state index < -0.39 is 0 Å². The van der Waals surface area contributed by atoms with E-state index in [1.807, 2.05) is 0 Å². The maximum absolute atomic E-state index is 6.08. The van der Waals surface area contributed by atoms with E-state index in [4.69, 9.17) is 4.74 Å². The Hall–Kier alpha value is -1.02. The summed E-state index contributed by atoms with van der Waals surface area (Å²) in [5.74, 6) is 1.01. The summed E-state index contributed by atoms with van der Waals surface area (Å²) in [5, 5.41) is 3.59. The van der Waals surface area contributed by atoms with Gasteiger partial charge in [0.2, 0.25) is 0 Å². The maximum atomic E-state index is 6.08. The van der Waals surface area contributed by atoms with Gasteiger partial charge in [-0.25, -0.2) is 0 Å². The zero-order valence-electron chi connectivity index (χ0n) is 10.9. The lowest BCUT2D eigenvalue weighted by Crippen LogP contribution is -2.39. The van der Waals surface area contributed by atoms with Crippen LogP contribution in [0.1, 0.15) is 38.2 Å². The molecule has 0 bridgehead atoms. The van der Waals surface area contributed by atoms with Crippen LogP contribution in [-0.2, 0) is 0 Å². The molecule has 1 aliphatic carbocycles. The highest BCUT2D eigenvalue weighted by molar-refractivity contribution is 5.26. The number of aryl methyl sites for hydroxylation is 1. The second-order valence-electron chi connectivity index (χ2n) is 4.96. The highest BCUT2D eigenvalue weighted by atomic mass is 16.5. The van der Waals surface area contributed by atoms with E-state index in [0.717, 1.165) is 12.3 Å². The van der Waals surface area contributed by atoms with Crippen molar-refractivity contribution < 1.29 is 4.74 Å². The van der Waals surface area contributed by atoms with Crippen LogP contribution in [0.15, 0.2) is 24.3 Å². The van der Waals surface area contributed by atoms with Gasteiger partial charge in [-0.1, -0.05) is 24.6 Å². The van der Waals surface area contributed by atoms with Gasteiger partial charge in [-0.15, -0.1) is 0 Å². The van der Waals surface area contributed by atoms with Gasteiger partial charge in [0.15, 0.2) is 0 Å². The summed E-state index contributed by atoms with van der Waals surface area (Å²) in [7, 11) is 0. The second-order valence-corrected chi connectivity index (χ2v) is 4.96. The molecule has 2 nitrogen and oxygen atoms in total. The van der Waals surface area contributed by atoms with E-state index in [2.05, 4.69) is 43.4 Å². The van der Waals surface area contributed by atoms with Gasteiger partial charge in [0.1, 0.15) is 11.9 Å². The van der Waals surface area contributed by atoms with Gasteiger partial charge in [0.05, 0.1) is 0 Å². The molecular weight excluding hydrogens is 210 g/mol. The molecule has 17 heavy (non-hydrogen) atoms. The molecule has 0 heterocycles. The van der Waals surface area contributed by atoms with Crippen molar-refractivity contribution in [3.05, 3.63) is 29.8 Å². The summed E-state index contributed by atoms with van der Waals surface area (Å²) < 4.78 is 6.08. The minimum absolute atomic E-state index is 0.351. The van der Waals surface area contributed by atoms with Gasteiger partial charge in [-0.3, -0.25) is 0 Å². The quantitative estimate of drug-likeness (QED) is 0.842. The summed E-state index contributed by atoms with van der Waals surface area (Å²) in [6, 6.07) is 8.91. The van der Waals surface area contributed by atoms with Crippen LogP contribution in [0.3, 0.4) is 0 Å². The van der Waals surface area contributed by atoms with Crippen molar-refractivity contribution in [1.82, 2.24) is 5.32 Å². The molecule has 1 N–H and O–H groups in total. The average molecular weight is 233 g/mol. The van der Waals surface area contributed by atoms with Crippen molar-refractivity contribution >= 4 is 0 Å². The molecule has 1 aromatic rings. The fourth-order valence-corrected chi connectivity index (χ4v) is 2.42. The van der Waals surface area contributed by atoms with Crippen LogP contribution in [-0.4, -0.2) is 18.7 Å². The normalized spacial score (nSPS) is 23.9. The Kier molecular flexibility index (Phi) is 4.43. The number of rotatable bonds is 5. The van der Waals surface area contributed by atoms with Gasteiger partial charge < -0.3 is 10.1 Å². The van der Waals surface area contributed by atoms with Gasteiger partial charge in [-0.2, -0.15) is 0 Å². The van der Waals surface area contributed by atoms with Gasteiger partial charge >= 0.3 is 0 Å². The zero-order chi connectivity index (χ0) is 12.1. The first-order chi connectivity index (χ1) is 8.29. The largest absolute Gasteiger partial charge is 0.489 e. The molecule has 2 atom stereocenters. The Bertz CT molecular complexity index is 333. The first-order valence-corrected chi connectivity index (χ1v) is 6.76. The third kappa shape index (κ3) is 3.47. The van der Waals surface area contributed by atoms with E-state index in [0.29, 0.717) is 12.1 Å². The Morgan fingerprint density at radius 3 is 2.71 bits per heavy atom. The summed E-state index contributed by atoms with van der Waals surface area (Å²) in [5.41, 5.74) is 1.28. The molecular formula is C15H23NO. The summed E-state index contributed by atoms with van der Waals surface area (Å²) in [4.78, 5) is 0. The third-order valence-electron chi connectivity index (χ3n) is 3.42. The maximum Gasteiger partial charge on any atom is 0.119 e. The molecule has 0 spiro atoms. The predicted molar refractivity (Wildman–Crippen MR) is 71.5 cm³/mol. The zero-order valence-corrected chi connectivity index (χ0v) is 10.9.